The van der Waals surface area contributed by atoms with Gasteiger partial charge in [0.25, 0.3) is 0 Å². The zero-order valence-electron chi connectivity index (χ0n) is 15.0. The molecule has 3 heterocycles. The van der Waals surface area contributed by atoms with E-state index in [2.05, 4.69) is 0 Å². The van der Waals surface area contributed by atoms with E-state index in [1.807, 2.05) is 4.90 Å². The van der Waals surface area contributed by atoms with Crippen LogP contribution in [0.4, 0.5) is 14.9 Å². The zero-order valence-corrected chi connectivity index (χ0v) is 15.0. The maximum atomic E-state index is 14.7. The molecule has 1 aromatic carbocycles. The van der Waals surface area contributed by atoms with Crippen molar-refractivity contribution in [3.8, 4) is 0 Å². The van der Waals surface area contributed by atoms with E-state index >= 15 is 0 Å². The number of nitrogens with zero attached hydrogens (tertiary/aromatic N) is 3. The van der Waals surface area contributed by atoms with E-state index in [1.54, 1.807) is 12.1 Å². The number of imide groups is 2. The van der Waals surface area contributed by atoms with Gasteiger partial charge in [0, 0.05) is 20.6 Å². The Balaban J connectivity index is 1.94. The minimum Gasteiger partial charge on any atom is -0.364 e. The Hall–Kier alpha value is -2.44. The fourth-order valence-electron chi connectivity index (χ4n) is 4.86. The number of benzene rings is 1. The summed E-state index contributed by atoms with van der Waals surface area (Å²) in [6, 6.07) is 3.75. The van der Waals surface area contributed by atoms with E-state index < -0.39 is 29.3 Å². The first-order valence-electron chi connectivity index (χ1n) is 9.04. The molecule has 0 N–H and O–H groups in total. The van der Waals surface area contributed by atoms with E-state index in [9.17, 15) is 18.8 Å². The smallest absolute Gasteiger partial charge is 0.332 e. The summed E-state index contributed by atoms with van der Waals surface area (Å²) in [4.78, 5) is 42.8. The molecule has 138 valence electrons. The molecule has 0 radical (unpaired) electrons. The predicted molar refractivity (Wildman–Crippen MR) is 93.1 cm³/mol. The lowest BCUT2D eigenvalue weighted by molar-refractivity contribution is -0.159. The molecule has 26 heavy (non-hydrogen) atoms. The number of barbiturate groups is 1. The zero-order chi connectivity index (χ0) is 18.6. The van der Waals surface area contributed by atoms with E-state index in [0.717, 1.165) is 29.1 Å². The minimum atomic E-state index is -1.37. The molecule has 1 spiro atoms. The van der Waals surface area contributed by atoms with Crippen molar-refractivity contribution < 1.29 is 18.8 Å². The number of rotatable bonds is 0. The third kappa shape index (κ3) is 2.06. The summed E-state index contributed by atoms with van der Waals surface area (Å²) in [5.74, 6) is -1.27. The lowest BCUT2D eigenvalue weighted by Gasteiger charge is -2.52. The highest BCUT2D eigenvalue weighted by Gasteiger charge is 2.63. The van der Waals surface area contributed by atoms with E-state index in [1.165, 1.54) is 20.2 Å². The van der Waals surface area contributed by atoms with Crippen LogP contribution in [0.5, 0.6) is 0 Å². The van der Waals surface area contributed by atoms with Crippen molar-refractivity contribution in [1.29, 1.82) is 0 Å². The van der Waals surface area contributed by atoms with Gasteiger partial charge < -0.3 is 4.90 Å². The average Bonchev–Trinajstić information content (AvgIpc) is 2.89. The summed E-state index contributed by atoms with van der Waals surface area (Å²) in [7, 11) is 2.83. The molecule has 0 saturated carbocycles. The molecule has 0 aromatic heterocycles. The third-order valence-electron chi connectivity index (χ3n) is 6.09. The fourth-order valence-corrected chi connectivity index (χ4v) is 4.86. The number of halogens is 1. The number of para-hydroxylation sites is 1. The van der Waals surface area contributed by atoms with Crippen molar-refractivity contribution in [3.05, 3.63) is 29.6 Å². The first-order chi connectivity index (χ1) is 12.4. The highest BCUT2D eigenvalue weighted by atomic mass is 19.1. The number of urea groups is 1. The molecule has 0 unspecified atom stereocenters. The topological polar surface area (TPSA) is 60.9 Å². The molecule has 3 aliphatic rings. The second kappa shape index (κ2) is 5.79. The van der Waals surface area contributed by atoms with Crippen molar-refractivity contribution in [2.75, 3.05) is 25.5 Å². The first kappa shape index (κ1) is 17.0. The van der Waals surface area contributed by atoms with Crippen molar-refractivity contribution in [1.82, 2.24) is 9.80 Å². The predicted octanol–water partition coefficient (Wildman–Crippen LogP) is 2.17. The van der Waals surface area contributed by atoms with Gasteiger partial charge in [-0.25, -0.2) is 9.18 Å². The summed E-state index contributed by atoms with van der Waals surface area (Å²) in [6.45, 7) is 0.599. The summed E-state index contributed by atoms with van der Waals surface area (Å²) in [6.07, 6.45) is 3.48. The Morgan fingerprint density at radius 1 is 1.04 bits per heavy atom. The molecule has 0 bridgehead atoms. The number of hydrogen-bond acceptors (Lipinski definition) is 4. The molecule has 1 aromatic rings. The largest absolute Gasteiger partial charge is 0.364 e. The second-order valence-electron chi connectivity index (χ2n) is 7.47. The van der Waals surface area contributed by atoms with Crippen LogP contribution in [0.15, 0.2) is 18.2 Å². The second-order valence-corrected chi connectivity index (χ2v) is 7.47. The fraction of sp³-hybridized carbons (Fsp3) is 0.526. The highest BCUT2D eigenvalue weighted by Crippen LogP contribution is 2.48. The Morgan fingerprint density at radius 2 is 1.73 bits per heavy atom. The molecule has 4 rings (SSSR count). The van der Waals surface area contributed by atoms with Crippen LogP contribution in [0, 0.1) is 11.2 Å². The van der Waals surface area contributed by atoms with Crippen LogP contribution in [0.25, 0.3) is 0 Å². The van der Waals surface area contributed by atoms with Crippen LogP contribution in [-0.4, -0.2) is 54.3 Å². The van der Waals surface area contributed by atoms with Crippen LogP contribution < -0.4 is 4.90 Å². The number of amides is 4. The third-order valence-corrected chi connectivity index (χ3v) is 6.09. The van der Waals surface area contributed by atoms with Crippen molar-refractivity contribution in [2.24, 2.45) is 5.41 Å². The van der Waals surface area contributed by atoms with Gasteiger partial charge in [0.1, 0.15) is 5.82 Å². The molecule has 2 saturated heterocycles. The van der Waals surface area contributed by atoms with Gasteiger partial charge in [-0.1, -0.05) is 25.0 Å². The number of hydrogen-bond donors (Lipinski definition) is 0. The maximum Gasteiger partial charge on any atom is 0.332 e. The Bertz CT molecular complexity index is 785. The minimum absolute atomic E-state index is 0.126. The molecule has 7 heteroatoms. The summed E-state index contributed by atoms with van der Waals surface area (Å²) in [5, 5.41) is 0. The number of carbonyl (C=O) groups is 3. The van der Waals surface area contributed by atoms with Gasteiger partial charge in [-0.3, -0.25) is 19.4 Å². The molecule has 1 atom stereocenters. The van der Waals surface area contributed by atoms with Crippen molar-refractivity contribution in [3.63, 3.8) is 0 Å². The lowest BCUT2D eigenvalue weighted by Crippen LogP contribution is -2.71. The van der Waals surface area contributed by atoms with Crippen LogP contribution in [-0.2, 0) is 16.0 Å². The van der Waals surface area contributed by atoms with Gasteiger partial charge in [-0.2, -0.15) is 0 Å². The summed E-state index contributed by atoms with van der Waals surface area (Å²) < 4.78 is 14.7. The van der Waals surface area contributed by atoms with E-state index in [4.69, 9.17) is 0 Å². The molecule has 4 amide bonds. The lowest BCUT2D eigenvalue weighted by atomic mass is 9.67. The summed E-state index contributed by atoms with van der Waals surface area (Å²) in [5.41, 5.74) is -0.212. The quantitative estimate of drug-likeness (QED) is 0.666. The molecule has 6 nitrogen and oxygen atoms in total. The average molecular weight is 359 g/mol. The van der Waals surface area contributed by atoms with Crippen molar-refractivity contribution in [2.45, 2.75) is 38.1 Å². The van der Waals surface area contributed by atoms with Gasteiger partial charge >= 0.3 is 6.03 Å². The van der Waals surface area contributed by atoms with Crippen LogP contribution in [0.2, 0.25) is 0 Å². The van der Waals surface area contributed by atoms with Gasteiger partial charge in [0.15, 0.2) is 5.41 Å². The van der Waals surface area contributed by atoms with E-state index in [-0.39, 0.29) is 12.2 Å². The highest BCUT2D eigenvalue weighted by molar-refractivity contribution is 6.20. The Kier molecular flexibility index (Phi) is 3.78. The van der Waals surface area contributed by atoms with Gasteiger partial charge in [-0.05, 0) is 30.9 Å². The Labute approximate surface area is 151 Å². The van der Waals surface area contributed by atoms with Crippen molar-refractivity contribution >= 4 is 23.5 Å². The SMILES string of the molecule is CN1C(=O)N(C)C(=O)C2(Cc3cccc(F)c3N3CCCCC[C@@H]32)C1=O. The van der Waals surface area contributed by atoms with Gasteiger partial charge in [-0.15, -0.1) is 0 Å². The van der Waals surface area contributed by atoms with Gasteiger partial charge in [0.2, 0.25) is 11.8 Å². The maximum absolute atomic E-state index is 14.7. The standard InChI is InChI=1S/C19H22FN3O3/c1-21-16(24)19(17(25)22(2)18(21)26)11-12-7-6-8-13(20)15(12)23-10-5-3-4-9-14(19)23/h6-8,14H,3-5,9-11H2,1-2H3/t14-/m1/s1. The summed E-state index contributed by atoms with van der Waals surface area (Å²) >= 11 is 0. The molecule has 3 aliphatic heterocycles. The normalized spacial score (nSPS) is 25.3. The molecular weight excluding hydrogens is 337 g/mol. The van der Waals surface area contributed by atoms with Crippen LogP contribution >= 0.6 is 0 Å². The molecule has 0 aliphatic carbocycles. The monoisotopic (exact) mass is 359 g/mol. The molecular formula is C19H22FN3O3. The number of anilines is 1. The van der Waals surface area contributed by atoms with Crippen LogP contribution in [0.1, 0.15) is 31.2 Å². The molecule has 2 fully saturated rings. The number of carbonyl (C=O) groups excluding carboxylic acids is 3. The van der Waals surface area contributed by atoms with Gasteiger partial charge in [0.05, 0.1) is 11.7 Å². The van der Waals surface area contributed by atoms with E-state index in [0.29, 0.717) is 24.2 Å². The van der Waals surface area contributed by atoms with Crippen LogP contribution in [0.3, 0.4) is 0 Å². The Morgan fingerprint density at radius 3 is 2.42 bits per heavy atom. The number of fused-ring (bicyclic) bond motifs is 4. The first-order valence-corrected chi connectivity index (χ1v) is 9.04.